The maximum Gasteiger partial charge on any atom is 0.126 e. The SMILES string of the molecule is Cc1ccn2c(C3CCCCS3)ncc2c1. The van der Waals surface area contributed by atoms with E-state index in [1.54, 1.807) is 0 Å². The van der Waals surface area contributed by atoms with Crippen molar-refractivity contribution in [3.8, 4) is 0 Å². The molecule has 0 aliphatic carbocycles. The molecule has 0 saturated carbocycles. The molecule has 0 N–H and O–H groups in total. The van der Waals surface area contributed by atoms with Crippen molar-refractivity contribution < 1.29 is 0 Å². The van der Waals surface area contributed by atoms with Gasteiger partial charge in [-0.25, -0.2) is 4.98 Å². The van der Waals surface area contributed by atoms with E-state index in [1.807, 2.05) is 6.20 Å². The van der Waals surface area contributed by atoms with Gasteiger partial charge in [-0.2, -0.15) is 11.8 Å². The van der Waals surface area contributed by atoms with Crippen LogP contribution in [-0.4, -0.2) is 15.1 Å². The summed E-state index contributed by atoms with van der Waals surface area (Å²) in [5, 5.41) is 0.596. The molecule has 1 fully saturated rings. The molecule has 3 rings (SSSR count). The van der Waals surface area contributed by atoms with Crippen LogP contribution < -0.4 is 0 Å². The molecule has 2 nitrogen and oxygen atoms in total. The van der Waals surface area contributed by atoms with E-state index in [0.29, 0.717) is 5.25 Å². The van der Waals surface area contributed by atoms with Crippen LogP contribution >= 0.6 is 11.8 Å². The number of fused-ring (bicyclic) bond motifs is 1. The highest BCUT2D eigenvalue weighted by Crippen LogP contribution is 2.37. The second-order valence-corrected chi connectivity index (χ2v) is 5.78. The summed E-state index contributed by atoms with van der Waals surface area (Å²) < 4.78 is 2.25. The third-order valence-electron chi connectivity index (χ3n) is 3.18. The Morgan fingerprint density at radius 2 is 2.38 bits per heavy atom. The van der Waals surface area contributed by atoms with E-state index in [-0.39, 0.29) is 0 Å². The lowest BCUT2D eigenvalue weighted by atomic mass is 10.2. The Kier molecular flexibility index (Phi) is 2.64. The Balaban J connectivity index is 2.03. The van der Waals surface area contributed by atoms with E-state index in [1.165, 1.54) is 41.9 Å². The minimum Gasteiger partial charge on any atom is -0.303 e. The van der Waals surface area contributed by atoms with Gasteiger partial charge in [0.1, 0.15) is 5.82 Å². The topological polar surface area (TPSA) is 17.3 Å². The fraction of sp³-hybridized carbons (Fsp3) is 0.462. The Labute approximate surface area is 100 Å². The zero-order valence-corrected chi connectivity index (χ0v) is 10.3. The van der Waals surface area contributed by atoms with E-state index in [4.69, 9.17) is 0 Å². The monoisotopic (exact) mass is 232 g/mol. The molecule has 0 spiro atoms. The van der Waals surface area contributed by atoms with E-state index in [2.05, 4.69) is 46.4 Å². The number of aryl methyl sites for hydroxylation is 1. The highest BCUT2D eigenvalue weighted by molar-refractivity contribution is 7.99. The van der Waals surface area contributed by atoms with E-state index in [9.17, 15) is 0 Å². The summed E-state index contributed by atoms with van der Waals surface area (Å²) in [5.74, 6) is 2.52. The number of aromatic nitrogens is 2. The maximum atomic E-state index is 4.60. The molecular formula is C13H16N2S. The Morgan fingerprint density at radius 1 is 1.44 bits per heavy atom. The van der Waals surface area contributed by atoms with Crippen molar-refractivity contribution in [2.24, 2.45) is 0 Å². The van der Waals surface area contributed by atoms with Crippen molar-refractivity contribution in [1.29, 1.82) is 0 Å². The molecular weight excluding hydrogens is 216 g/mol. The second kappa shape index (κ2) is 4.13. The first-order valence-electron chi connectivity index (χ1n) is 5.90. The highest BCUT2D eigenvalue weighted by atomic mass is 32.2. The van der Waals surface area contributed by atoms with Crippen LogP contribution in [0.15, 0.2) is 24.5 Å². The molecule has 2 aromatic heterocycles. The first kappa shape index (κ1) is 10.2. The highest BCUT2D eigenvalue weighted by Gasteiger charge is 2.20. The van der Waals surface area contributed by atoms with Gasteiger partial charge in [-0.05, 0) is 43.2 Å². The Morgan fingerprint density at radius 3 is 3.19 bits per heavy atom. The standard InChI is InChI=1S/C13H16N2S/c1-10-5-6-15-11(8-10)9-14-13(15)12-4-2-3-7-16-12/h5-6,8-9,12H,2-4,7H2,1H3. The third-order valence-corrected chi connectivity index (χ3v) is 4.56. The van der Waals surface area contributed by atoms with Crippen LogP contribution in [0.2, 0.25) is 0 Å². The van der Waals surface area contributed by atoms with Crippen LogP contribution in [0.4, 0.5) is 0 Å². The van der Waals surface area contributed by atoms with Crippen LogP contribution in [0.3, 0.4) is 0 Å². The molecule has 1 atom stereocenters. The predicted octanol–water partition coefficient (Wildman–Crippen LogP) is 3.60. The van der Waals surface area contributed by atoms with E-state index >= 15 is 0 Å². The summed E-state index contributed by atoms with van der Waals surface area (Å²) in [4.78, 5) is 4.60. The molecule has 0 radical (unpaired) electrons. The lowest BCUT2D eigenvalue weighted by Gasteiger charge is -2.20. The molecule has 1 unspecified atom stereocenters. The van der Waals surface area contributed by atoms with Crippen molar-refractivity contribution in [3.63, 3.8) is 0 Å². The average molecular weight is 232 g/mol. The maximum absolute atomic E-state index is 4.60. The first-order valence-corrected chi connectivity index (χ1v) is 6.95. The average Bonchev–Trinajstić information content (AvgIpc) is 2.73. The molecule has 0 amide bonds. The van der Waals surface area contributed by atoms with Crippen LogP contribution in [0.5, 0.6) is 0 Å². The minimum atomic E-state index is 0.596. The number of imidazole rings is 1. The quantitative estimate of drug-likeness (QED) is 0.747. The van der Waals surface area contributed by atoms with Gasteiger partial charge in [-0.3, -0.25) is 0 Å². The number of pyridine rings is 1. The van der Waals surface area contributed by atoms with Crippen molar-refractivity contribution in [2.75, 3.05) is 5.75 Å². The summed E-state index contributed by atoms with van der Waals surface area (Å²) >= 11 is 2.06. The number of nitrogens with zero attached hydrogens (tertiary/aromatic N) is 2. The fourth-order valence-corrected chi connectivity index (χ4v) is 3.63. The number of hydrogen-bond donors (Lipinski definition) is 0. The molecule has 16 heavy (non-hydrogen) atoms. The summed E-state index contributed by atoms with van der Waals surface area (Å²) in [5.41, 5.74) is 2.52. The zero-order chi connectivity index (χ0) is 11.0. The van der Waals surface area contributed by atoms with Gasteiger partial charge in [0.25, 0.3) is 0 Å². The van der Waals surface area contributed by atoms with Crippen molar-refractivity contribution in [1.82, 2.24) is 9.38 Å². The van der Waals surface area contributed by atoms with Crippen molar-refractivity contribution in [3.05, 3.63) is 35.9 Å². The Bertz CT molecular complexity index is 498. The van der Waals surface area contributed by atoms with Gasteiger partial charge in [0.15, 0.2) is 0 Å². The zero-order valence-electron chi connectivity index (χ0n) is 9.52. The largest absolute Gasteiger partial charge is 0.303 e. The molecule has 3 heteroatoms. The second-order valence-electron chi connectivity index (χ2n) is 4.47. The predicted molar refractivity (Wildman–Crippen MR) is 69.0 cm³/mol. The lowest BCUT2D eigenvalue weighted by molar-refractivity contribution is 0.660. The Hall–Kier alpha value is -0.960. The summed E-state index contributed by atoms with van der Waals surface area (Å²) in [6.07, 6.45) is 8.14. The summed E-state index contributed by atoms with van der Waals surface area (Å²) in [6.45, 7) is 2.13. The number of thioether (sulfide) groups is 1. The lowest BCUT2D eigenvalue weighted by Crippen LogP contribution is -2.06. The van der Waals surface area contributed by atoms with Gasteiger partial charge in [-0.15, -0.1) is 0 Å². The molecule has 1 aliphatic rings. The molecule has 2 aromatic rings. The molecule has 0 aromatic carbocycles. The molecule has 1 aliphatic heterocycles. The van der Waals surface area contributed by atoms with Crippen LogP contribution in [0, 0.1) is 6.92 Å². The molecule has 84 valence electrons. The summed E-state index contributed by atoms with van der Waals surface area (Å²) in [6, 6.07) is 4.36. The number of hydrogen-bond acceptors (Lipinski definition) is 2. The van der Waals surface area contributed by atoms with Crippen LogP contribution in [0.1, 0.15) is 35.9 Å². The number of rotatable bonds is 1. The van der Waals surface area contributed by atoms with E-state index < -0.39 is 0 Å². The normalized spacial score (nSPS) is 21.4. The van der Waals surface area contributed by atoms with Crippen LogP contribution in [-0.2, 0) is 0 Å². The van der Waals surface area contributed by atoms with Gasteiger partial charge in [0.2, 0.25) is 0 Å². The van der Waals surface area contributed by atoms with Gasteiger partial charge >= 0.3 is 0 Å². The van der Waals surface area contributed by atoms with Gasteiger partial charge < -0.3 is 4.40 Å². The first-order chi connectivity index (χ1) is 7.84. The van der Waals surface area contributed by atoms with Crippen molar-refractivity contribution in [2.45, 2.75) is 31.4 Å². The van der Waals surface area contributed by atoms with Crippen LogP contribution in [0.25, 0.3) is 5.52 Å². The van der Waals surface area contributed by atoms with Gasteiger partial charge in [0.05, 0.1) is 17.0 Å². The molecule has 0 bridgehead atoms. The van der Waals surface area contributed by atoms with Gasteiger partial charge in [-0.1, -0.05) is 6.42 Å². The van der Waals surface area contributed by atoms with Crippen molar-refractivity contribution >= 4 is 17.3 Å². The third kappa shape index (κ3) is 1.73. The summed E-state index contributed by atoms with van der Waals surface area (Å²) in [7, 11) is 0. The van der Waals surface area contributed by atoms with Gasteiger partial charge in [0, 0.05) is 6.20 Å². The minimum absolute atomic E-state index is 0.596. The smallest absolute Gasteiger partial charge is 0.126 e. The van der Waals surface area contributed by atoms with E-state index in [0.717, 1.165) is 0 Å². The molecule has 1 saturated heterocycles. The molecule has 3 heterocycles. The fourth-order valence-electron chi connectivity index (χ4n) is 2.31.